The molecule has 262 valence electrons. The normalized spacial score (nSPS) is 31.7. The predicted molar refractivity (Wildman–Crippen MR) is 182 cm³/mol. The molecule has 0 radical (unpaired) electrons. The Morgan fingerprint density at radius 1 is 0.917 bits per heavy atom. The number of esters is 2. The van der Waals surface area contributed by atoms with Crippen LogP contribution in [0, 0.1) is 66.6 Å². The molecule has 4 aliphatic carbocycles. The van der Waals surface area contributed by atoms with E-state index in [1.54, 1.807) is 0 Å². The number of rotatable bonds is 12. The van der Waals surface area contributed by atoms with Gasteiger partial charge >= 0.3 is 11.9 Å². The number of ether oxygens (including phenoxy) is 2. The van der Waals surface area contributed by atoms with Crippen LogP contribution in [-0.2, 0) is 25.7 Å². The summed E-state index contributed by atoms with van der Waals surface area (Å²) in [5.41, 5.74) is 1.13. The number of nitrogens with zero attached hydrogens (tertiary/aromatic N) is 2. The van der Waals surface area contributed by atoms with Crippen LogP contribution in [0.3, 0.4) is 0 Å². The fourth-order valence-electron chi connectivity index (χ4n) is 10.2. The van der Waals surface area contributed by atoms with Gasteiger partial charge in [0.25, 0.3) is 11.4 Å². The lowest BCUT2D eigenvalue weighted by atomic mass is 9.47. The Balaban J connectivity index is 1.14. The minimum absolute atomic E-state index is 0.0930. The Bertz CT molecular complexity index is 1440. The Kier molecular flexibility index (Phi) is 10.8. The maximum absolute atomic E-state index is 12.7. The average molecular weight is 665 g/mol. The molecule has 1 aromatic rings. The molecule has 0 aromatic heterocycles. The molecular formula is C38H52N2O8. The second kappa shape index (κ2) is 14.5. The molecule has 10 heteroatoms. The van der Waals surface area contributed by atoms with Gasteiger partial charge in [-0.25, -0.2) is 9.59 Å². The molecule has 8 atom stereocenters. The number of benzene rings is 1. The molecule has 0 amide bonds. The first-order valence-corrected chi connectivity index (χ1v) is 17.9. The van der Waals surface area contributed by atoms with Gasteiger partial charge in [0.15, 0.2) is 0 Å². The quantitative estimate of drug-likeness (QED) is 0.0709. The van der Waals surface area contributed by atoms with Crippen LogP contribution in [0.5, 0.6) is 0 Å². The minimum atomic E-state index is -0.859. The number of hydrogen-bond donors (Lipinski definition) is 0. The van der Waals surface area contributed by atoms with Crippen LogP contribution in [0.4, 0.5) is 11.4 Å². The van der Waals surface area contributed by atoms with Gasteiger partial charge in [-0.2, -0.15) is 0 Å². The van der Waals surface area contributed by atoms with Gasteiger partial charge in [-0.05, 0) is 91.3 Å². The molecule has 0 N–H and O–H groups in total. The molecule has 0 aliphatic heterocycles. The monoisotopic (exact) mass is 664 g/mol. The van der Waals surface area contributed by atoms with Gasteiger partial charge in [0.1, 0.15) is 12.7 Å². The molecule has 0 bridgehead atoms. The van der Waals surface area contributed by atoms with E-state index in [1.807, 2.05) is 0 Å². The Morgan fingerprint density at radius 2 is 1.60 bits per heavy atom. The van der Waals surface area contributed by atoms with Crippen molar-refractivity contribution in [1.29, 1.82) is 0 Å². The van der Waals surface area contributed by atoms with E-state index in [9.17, 15) is 29.8 Å². The number of nitro groups is 2. The summed E-state index contributed by atoms with van der Waals surface area (Å²) in [6.07, 6.45) is 17.1. The lowest BCUT2D eigenvalue weighted by Crippen LogP contribution is -2.51. The summed E-state index contributed by atoms with van der Waals surface area (Å²) >= 11 is 0. The second-order valence-electron chi connectivity index (χ2n) is 15.9. The van der Waals surface area contributed by atoms with Gasteiger partial charge < -0.3 is 9.47 Å². The molecule has 4 aliphatic rings. The number of carbonyl (C=O) groups excluding carboxylic acids is 2. The zero-order valence-electron chi connectivity index (χ0n) is 29.2. The zero-order valence-corrected chi connectivity index (χ0v) is 29.2. The molecule has 0 heterocycles. The largest absolute Gasteiger partial charge is 0.459 e. The van der Waals surface area contributed by atoms with E-state index in [0.29, 0.717) is 17.8 Å². The van der Waals surface area contributed by atoms with E-state index in [-0.39, 0.29) is 17.1 Å². The minimum Gasteiger partial charge on any atom is -0.459 e. The van der Waals surface area contributed by atoms with Gasteiger partial charge in [0.2, 0.25) is 0 Å². The highest BCUT2D eigenvalue weighted by Crippen LogP contribution is 2.67. The van der Waals surface area contributed by atoms with E-state index in [0.717, 1.165) is 79.2 Å². The van der Waals surface area contributed by atoms with E-state index in [1.165, 1.54) is 50.5 Å². The Labute approximate surface area is 284 Å². The summed E-state index contributed by atoms with van der Waals surface area (Å²) in [7, 11) is 0. The topological polar surface area (TPSA) is 139 Å². The van der Waals surface area contributed by atoms with Crippen molar-refractivity contribution in [1.82, 2.24) is 0 Å². The first-order valence-electron chi connectivity index (χ1n) is 17.9. The van der Waals surface area contributed by atoms with Gasteiger partial charge in [-0.15, -0.1) is 0 Å². The summed E-state index contributed by atoms with van der Waals surface area (Å²) in [6, 6.07) is 3.04. The molecule has 48 heavy (non-hydrogen) atoms. The van der Waals surface area contributed by atoms with Gasteiger partial charge in [0, 0.05) is 36.3 Å². The maximum Gasteiger partial charge on any atom is 0.331 e. The summed E-state index contributed by atoms with van der Waals surface area (Å²) in [4.78, 5) is 45.6. The van der Waals surface area contributed by atoms with Crippen LogP contribution in [0.25, 0.3) is 0 Å². The van der Waals surface area contributed by atoms with E-state index in [4.69, 9.17) is 9.47 Å². The average Bonchev–Trinajstić information content (AvgIpc) is 3.40. The van der Waals surface area contributed by atoms with Crippen LogP contribution in [-0.4, -0.2) is 27.9 Å². The Hall–Kier alpha value is -3.56. The number of allylic oxidation sites excluding steroid dienone is 1. The van der Waals surface area contributed by atoms with Crippen LogP contribution < -0.4 is 0 Å². The molecule has 0 spiro atoms. The van der Waals surface area contributed by atoms with Crippen molar-refractivity contribution in [3.63, 3.8) is 0 Å². The molecule has 5 rings (SSSR count). The van der Waals surface area contributed by atoms with Crippen molar-refractivity contribution in [3.05, 3.63) is 67.8 Å². The van der Waals surface area contributed by atoms with Crippen molar-refractivity contribution < 1.29 is 28.9 Å². The summed E-state index contributed by atoms with van der Waals surface area (Å²) in [5.74, 6) is 3.09. The van der Waals surface area contributed by atoms with Crippen LogP contribution >= 0.6 is 0 Å². The lowest BCUT2D eigenvalue weighted by Gasteiger charge is -2.58. The first-order chi connectivity index (χ1) is 22.7. The van der Waals surface area contributed by atoms with Crippen molar-refractivity contribution >= 4 is 23.3 Å². The highest BCUT2D eigenvalue weighted by atomic mass is 16.6. The van der Waals surface area contributed by atoms with Crippen LogP contribution in [0.2, 0.25) is 0 Å². The summed E-state index contributed by atoms with van der Waals surface area (Å²) in [6.45, 7) is 11.8. The lowest BCUT2D eigenvalue weighted by molar-refractivity contribution is -0.394. The smallest absolute Gasteiger partial charge is 0.331 e. The Morgan fingerprint density at radius 3 is 2.27 bits per heavy atom. The molecule has 3 fully saturated rings. The van der Waals surface area contributed by atoms with Gasteiger partial charge in [-0.1, -0.05) is 65.5 Å². The van der Waals surface area contributed by atoms with E-state index in [2.05, 4.69) is 40.7 Å². The molecule has 10 nitrogen and oxygen atoms in total. The molecule has 8 unspecified atom stereocenters. The number of carbonyl (C=O) groups is 2. The van der Waals surface area contributed by atoms with Gasteiger partial charge in [0.05, 0.1) is 15.9 Å². The van der Waals surface area contributed by atoms with E-state index < -0.39 is 39.8 Å². The fourth-order valence-corrected chi connectivity index (χ4v) is 10.2. The molecule has 1 aromatic carbocycles. The maximum atomic E-state index is 12.7. The highest BCUT2D eigenvalue weighted by Gasteiger charge is 2.59. The molecular weight excluding hydrogens is 612 g/mol. The second-order valence-corrected chi connectivity index (χ2v) is 15.9. The van der Waals surface area contributed by atoms with Crippen LogP contribution in [0.15, 0.2) is 42.0 Å². The van der Waals surface area contributed by atoms with Crippen molar-refractivity contribution in [2.24, 2.45) is 46.3 Å². The van der Waals surface area contributed by atoms with Crippen LogP contribution in [0.1, 0.15) is 111 Å². The number of nitro benzene ring substituents is 2. The SMILES string of the molecule is CC(C)CCCC(C)C1CCC2C3CC=C4CC(OC(=O)C=CC(=O)OCc5cc([N+](=O)[O-])cc([N+](=O)[O-])c5)CCC4(C)C3CCC12C. The summed E-state index contributed by atoms with van der Waals surface area (Å²) < 4.78 is 10.8. The number of non-ortho nitro benzene ring substituents is 2. The third-order valence-electron chi connectivity index (χ3n) is 12.7. The fraction of sp³-hybridized carbons (Fsp3) is 0.684. The van der Waals surface area contributed by atoms with Crippen molar-refractivity contribution in [2.75, 3.05) is 0 Å². The number of hydrogen-bond acceptors (Lipinski definition) is 8. The zero-order chi connectivity index (χ0) is 34.8. The number of fused-ring (bicyclic) bond motifs is 5. The van der Waals surface area contributed by atoms with Crippen molar-refractivity contribution in [3.8, 4) is 0 Å². The highest BCUT2D eigenvalue weighted by molar-refractivity contribution is 5.91. The standard InChI is InChI=1S/C38H52N2O8/c1-24(2)7-6-8-25(3)32-11-12-33-31-10-9-27-21-30(15-17-37(27,4)34(31)16-18-38(32,33)5)48-36(42)14-13-35(41)47-23-26-19-28(39(43)44)22-29(20-26)40(45)46/h9,13-14,19-20,22,24-25,30-34H,6-8,10-12,15-18,21,23H2,1-5H3. The molecule has 0 saturated heterocycles. The third kappa shape index (κ3) is 7.52. The van der Waals surface area contributed by atoms with Crippen molar-refractivity contribution in [2.45, 2.75) is 118 Å². The first kappa shape index (κ1) is 35.7. The third-order valence-corrected chi connectivity index (χ3v) is 12.7. The summed E-state index contributed by atoms with van der Waals surface area (Å²) in [5, 5.41) is 22.2. The molecule has 3 saturated carbocycles. The van der Waals surface area contributed by atoms with Gasteiger partial charge in [-0.3, -0.25) is 20.2 Å². The predicted octanol–water partition coefficient (Wildman–Crippen LogP) is 9.06. The van der Waals surface area contributed by atoms with E-state index >= 15 is 0 Å².